The van der Waals surface area contributed by atoms with Crippen LogP contribution in [0.5, 0.6) is 0 Å². The summed E-state index contributed by atoms with van der Waals surface area (Å²) >= 11 is 5.65. The average molecular weight is 383 g/mol. The molecule has 8 heteroatoms. The highest BCUT2D eigenvalue weighted by Gasteiger charge is 2.21. The second-order valence-electron chi connectivity index (χ2n) is 5.76. The normalized spacial score (nSPS) is 14.6. The van der Waals surface area contributed by atoms with Crippen LogP contribution in [-0.4, -0.2) is 32.3 Å². The molecule has 1 N–H and O–H groups in total. The summed E-state index contributed by atoms with van der Waals surface area (Å²) in [6.07, 6.45) is 1.98. The van der Waals surface area contributed by atoms with Gasteiger partial charge in [0.15, 0.2) is 0 Å². The largest absolute Gasteiger partial charge is 0.339 e. The monoisotopic (exact) mass is 382 g/mol. The Kier molecular flexibility index (Phi) is 4.96. The Hall–Kier alpha value is -2.12. The lowest BCUT2D eigenvalue weighted by Crippen LogP contribution is -2.27. The van der Waals surface area contributed by atoms with E-state index in [0.717, 1.165) is 32.0 Å². The van der Waals surface area contributed by atoms with Crippen LogP contribution in [0.4, 0.5) is 10.1 Å². The van der Waals surface area contributed by atoms with Crippen LogP contribution in [-0.2, 0) is 10.0 Å². The van der Waals surface area contributed by atoms with E-state index in [2.05, 4.69) is 4.72 Å². The van der Waals surface area contributed by atoms with Crippen molar-refractivity contribution < 1.29 is 17.6 Å². The van der Waals surface area contributed by atoms with Gasteiger partial charge in [0, 0.05) is 18.7 Å². The Morgan fingerprint density at radius 2 is 1.72 bits per heavy atom. The van der Waals surface area contributed by atoms with Crippen LogP contribution in [0.2, 0.25) is 5.02 Å². The summed E-state index contributed by atoms with van der Waals surface area (Å²) in [4.78, 5) is 14.0. The number of carbonyl (C=O) groups is 1. The predicted octanol–water partition coefficient (Wildman–Crippen LogP) is 3.52. The molecule has 1 aliphatic heterocycles. The molecule has 1 aliphatic rings. The van der Waals surface area contributed by atoms with E-state index in [9.17, 15) is 17.6 Å². The van der Waals surface area contributed by atoms with Gasteiger partial charge in [-0.25, -0.2) is 12.8 Å². The molecule has 2 aromatic rings. The molecule has 0 radical (unpaired) electrons. The standard InChI is InChI=1S/C17H16ClFN2O3S/c18-15-11-13(5-8-16(15)19)20-25(23,24)14-6-3-12(4-7-14)17(22)21-9-1-2-10-21/h3-8,11,20H,1-2,9-10H2. The zero-order chi connectivity index (χ0) is 18.0. The first-order chi connectivity index (χ1) is 11.9. The lowest BCUT2D eigenvalue weighted by molar-refractivity contribution is 0.0792. The fourth-order valence-electron chi connectivity index (χ4n) is 2.65. The maximum Gasteiger partial charge on any atom is 0.261 e. The van der Waals surface area contributed by atoms with E-state index in [1.807, 2.05) is 0 Å². The summed E-state index contributed by atoms with van der Waals surface area (Å²) in [5.41, 5.74) is 0.606. The topological polar surface area (TPSA) is 66.5 Å². The van der Waals surface area contributed by atoms with Crippen LogP contribution >= 0.6 is 11.6 Å². The van der Waals surface area contributed by atoms with Gasteiger partial charge >= 0.3 is 0 Å². The molecule has 0 bridgehead atoms. The molecule has 0 saturated carbocycles. The smallest absolute Gasteiger partial charge is 0.261 e. The molecular weight excluding hydrogens is 367 g/mol. The summed E-state index contributed by atoms with van der Waals surface area (Å²) in [7, 11) is -3.86. The molecule has 0 spiro atoms. The van der Waals surface area contributed by atoms with Crippen LogP contribution in [0.15, 0.2) is 47.4 Å². The number of hydrogen-bond donors (Lipinski definition) is 1. The van der Waals surface area contributed by atoms with E-state index in [4.69, 9.17) is 11.6 Å². The number of carbonyl (C=O) groups excluding carboxylic acids is 1. The van der Waals surface area contributed by atoms with Crippen molar-refractivity contribution >= 4 is 33.2 Å². The third-order valence-corrected chi connectivity index (χ3v) is 5.66. The highest BCUT2D eigenvalue weighted by molar-refractivity contribution is 7.92. The lowest BCUT2D eigenvalue weighted by Gasteiger charge is -2.15. The van der Waals surface area contributed by atoms with Gasteiger partial charge in [-0.15, -0.1) is 0 Å². The van der Waals surface area contributed by atoms with E-state index in [1.54, 1.807) is 4.90 Å². The summed E-state index contributed by atoms with van der Waals surface area (Å²) < 4.78 is 40.3. The number of nitrogens with zero attached hydrogens (tertiary/aromatic N) is 1. The van der Waals surface area contributed by atoms with E-state index in [0.29, 0.717) is 5.56 Å². The average Bonchev–Trinajstić information content (AvgIpc) is 3.12. The van der Waals surface area contributed by atoms with Gasteiger partial charge in [0.25, 0.3) is 15.9 Å². The second kappa shape index (κ2) is 7.01. The maximum atomic E-state index is 13.2. The Morgan fingerprint density at radius 3 is 2.32 bits per heavy atom. The van der Waals surface area contributed by atoms with Crippen LogP contribution in [0.1, 0.15) is 23.2 Å². The van der Waals surface area contributed by atoms with Crippen molar-refractivity contribution in [2.45, 2.75) is 17.7 Å². The van der Waals surface area contributed by atoms with Crippen molar-refractivity contribution in [3.05, 3.63) is 58.9 Å². The maximum absolute atomic E-state index is 13.2. The van der Waals surface area contributed by atoms with E-state index >= 15 is 0 Å². The van der Waals surface area contributed by atoms with E-state index < -0.39 is 15.8 Å². The van der Waals surface area contributed by atoms with Crippen molar-refractivity contribution in [2.24, 2.45) is 0 Å². The van der Waals surface area contributed by atoms with Gasteiger partial charge in [-0.3, -0.25) is 9.52 Å². The molecule has 1 amide bonds. The second-order valence-corrected chi connectivity index (χ2v) is 7.85. The summed E-state index contributed by atoms with van der Waals surface area (Å²) in [5, 5.41) is -0.174. The lowest BCUT2D eigenvalue weighted by atomic mass is 10.2. The fourth-order valence-corrected chi connectivity index (χ4v) is 3.88. The number of benzene rings is 2. The molecule has 0 atom stereocenters. The minimum Gasteiger partial charge on any atom is -0.339 e. The zero-order valence-corrected chi connectivity index (χ0v) is 14.8. The van der Waals surface area contributed by atoms with Gasteiger partial charge in [0.2, 0.25) is 0 Å². The summed E-state index contributed by atoms with van der Waals surface area (Å²) in [6.45, 7) is 1.46. The third kappa shape index (κ3) is 3.93. The highest BCUT2D eigenvalue weighted by atomic mass is 35.5. The molecule has 0 aromatic heterocycles. The first-order valence-corrected chi connectivity index (χ1v) is 9.60. The first-order valence-electron chi connectivity index (χ1n) is 7.74. The minimum absolute atomic E-state index is 0.00548. The van der Waals surface area contributed by atoms with Crippen LogP contribution < -0.4 is 4.72 Å². The van der Waals surface area contributed by atoms with Gasteiger partial charge in [-0.05, 0) is 55.3 Å². The quantitative estimate of drug-likeness (QED) is 0.879. The number of halogens is 2. The molecule has 25 heavy (non-hydrogen) atoms. The number of sulfonamides is 1. The van der Waals surface area contributed by atoms with Crippen molar-refractivity contribution in [3.63, 3.8) is 0 Å². The zero-order valence-electron chi connectivity index (χ0n) is 13.2. The Morgan fingerprint density at radius 1 is 1.08 bits per heavy atom. The van der Waals surface area contributed by atoms with Gasteiger partial charge in [-0.1, -0.05) is 11.6 Å². The summed E-state index contributed by atoms with van der Waals surface area (Å²) in [6, 6.07) is 9.29. The fraction of sp³-hybridized carbons (Fsp3) is 0.235. The van der Waals surface area contributed by atoms with Gasteiger partial charge < -0.3 is 4.90 Å². The molecule has 0 unspecified atom stereocenters. The predicted molar refractivity (Wildman–Crippen MR) is 93.8 cm³/mol. The molecule has 2 aromatic carbocycles. The van der Waals surface area contributed by atoms with Crippen LogP contribution in [0.3, 0.4) is 0 Å². The Bertz CT molecular complexity index is 895. The Balaban J connectivity index is 1.78. The van der Waals surface area contributed by atoms with E-state index in [1.165, 1.54) is 36.4 Å². The van der Waals surface area contributed by atoms with Gasteiger partial charge in [0.1, 0.15) is 5.82 Å². The molecule has 1 saturated heterocycles. The third-order valence-electron chi connectivity index (χ3n) is 3.98. The van der Waals surface area contributed by atoms with Crippen molar-refractivity contribution in [1.29, 1.82) is 0 Å². The molecule has 1 fully saturated rings. The molecule has 5 nitrogen and oxygen atoms in total. The number of rotatable bonds is 4. The first kappa shape index (κ1) is 17.7. The van der Waals surface area contributed by atoms with Gasteiger partial charge in [-0.2, -0.15) is 0 Å². The number of anilines is 1. The SMILES string of the molecule is O=C(c1ccc(S(=O)(=O)Nc2ccc(F)c(Cl)c2)cc1)N1CCCC1. The molecular formula is C17H16ClFN2O3S. The number of amides is 1. The van der Waals surface area contributed by atoms with Crippen molar-refractivity contribution in [1.82, 2.24) is 4.90 Å². The minimum atomic E-state index is -3.86. The highest BCUT2D eigenvalue weighted by Crippen LogP contribution is 2.22. The molecule has 132 valence electrons. The van der Waals surface area contributed by atoms with E-state index in [-0.39, 0.29) is 21.5 Å². The van der Waals surface area contributed by atoms with Crippen LogP contribution in [0, 0.1) is 5.82 Å². The molecule has 0 aliphatic carbocycles. The molecule has 3 rings (SSSR count). The number of hydrogen-bond acceptors (Lipinski definition) is 3. The van der Waals surface area contributed by atoms with Crippen LogP contribution in [0.25, 0.3) is 0 Å². The van der Waals surface area contributed by atoms with Crippen molar-refractivity contribution in [3.8, 4) is 0 Å². The number of likely N-dealkylation sites (tertiary alicyclic amines) is 1. The Labute approximate surface area is 150 Å². The van der Waals surface area contributed by atoms with Crippen molar-refractivity contribution in [2.75, 3.05) is 17.8 Å². The number of nitrogens with one attached hydrogen (secondary N) is 1. The van der Waals surface area contributed by atoms with Gasteiger partial charge in [0.05, 0.1) is 15.6 Å². The summed E-state index contributed by atoms with van der Waals surface area (Å²) in [5.74, 6) is -0.728. The molecule has 1 heterocycles.